The van der Waals surface area contributed by atoms with Gasteiger partial charge in [0, 0.05) is 6.54 Å². The summed E-state index contributed by atoms with van der Waals surface area (Å²) in [5.41, 5.74) is 1.81. The van der Waals surface area contributed by atoms with Crippen molar-refractivity contribution in [2.75, 3.05) is 0 Å². The van der Waals surface area contributed by atoms with E-state index in [4.69, 9.17) is 4.42 Å². The summed E-state index contributed by atoms with van der Waals surface area (Å²) < 4.78 is 19.9. The SMILES string of the molecule is O=C1c2oc3ccccc3c(=O)c2C(c2cccc(F)c2)N1Cc1ccccc1. The lowest BCUT2D eigenvalue weighted by molar-refractivity contribution is 0.0714. The lowest BCUT2D eigenvalue weighted by Gasteiger charge is -2.25. The number of halogens is 1. The van der Waals surface area contributed by atoms with Gasteiger partial charge in [-0.2, -0.15) is 0 Å². The normalized spacial score (nSPS) is 15.7. The third kappa shape index (κ3) is 2.83. The van der Waals surface area contributed by atoms with Gasteiger partial charge in [-0.3, -0.25) is 9.59 Å². The molecule has 1 amide bonds. The molecule has 0 aliphatic carbocycles. The molecule has 0 saturated carbocycles. The Morgan fingerprint density at radius 1 is 0.897 bits per heavy atom. The molecule has 142 valence electrons. The first-order valence-electron chi connectivity index (χ1n) is 9.29. The average Bonchev–Trinajstić information content (AvgIpc) is 3.01. The van der Waals surface area contributed by atoms with E-state index < -0.39 is 11.9 Å². The highest BCUT2D eigenvalue weighted by atomic mass is 19.1. The molecule has 3 aromatic carbocycles. The van der Waals surface area contributed by atoms with Crippen LogP contribution in [0.1, 0.15) is 33.3 Å². The lowest BCUT2D eigenvalue weighted by atomic mass is 9.98. The van der Waals surface area contributed by atoms with Gasteiger partial charge in [-0.1, -0.05) is 54.6 Å². The highest BCUT2D eigenvalue weighted by Gasteiger charge is 2.42. The molecular formula is C24H16FNO3. The minimum absolute atomic E-state index is 0.0268. The minimum atomic E-state index is -0.714. The predicted octanol–water partition coefficient (Wildman–Crippen LogP) is 4.68. The van der Waals surface area contributed by atoms with Gasteiger partial charge >= 0.3 is 0 Å². The van der Waals surface area contributed by atoms with Gasteiger partial charge < -0.3 is 9.32 Å². The van der Waals surface area contributed by atoms with Crippen molar-refractivity contribution in [1.29, 1.82) is 0 Å². The molecule has 29 heavy (non-hydrogen) atoms. The van der Waals surface area contributed by atoms with E-state index in [-0.39, 0.29) is 29.2 Å². The first kappa shape index (κ1) is 17.4. The predicted molar refractivity (Wildman–Crippen MR) is 107 cm³/mol. The van der Waals surface area contributed by atoms with Crippen molar-refractivity contribution in [3.63, 3.8) is 0 Å². The molecule has 4 aromatic rings. The molecule has 4 nitrogen and oxygen atoms in total. The van der Waals surface area contributed by atoms with Crippen molar-refractivity contribution in [2.45, 2.75) is 12.6 Å². The van der Waals surface area contributed by atoms with E-state index in [1.54, 1.807) is 41.3 Å². The summed E-state index contributed by atoms with van der Waals surface area (Å²) in [5, 5.41) is 0.405. The van der Waals surface area contributed by atoms with Gasteiger partial charge in [0.15, 0.2) is 5.43 Å². The second-order valence-corrected chi connectivity index (χ2v) is 7.05. The summed E-state index contributed by atoms with van der Waals surface area (Å²) in [6.45, 7) is 0.279. The Morgan fingerprint density at radius 3 is 2.45 bits per heavy atom. The fourth-order valence-electron chi connectivity index (χ4n) is 3.93. The Morgan fingerprint density at radius 2 is 1.66 bits per heavy atom. The van der Waals surface area contributed by atoms with Crippen LogP contribution in [0.15, 0.2) is 88.1 Å². The number of para-hydroxylation sites is 1. The minimum Gasteiger partial charge on any atom is -0.450 e. The van der Waals surface area contributed by atoms with Gasteiger partial charge in [0.1, 0.15) is 11.4 Å². The first-order chi connectivity index (χ1) is 14.1. The van der Waals surface area contributed by atoms with Crippen LogP contribution in [0, 0.1) is 5.82 Å². The van der Waals surface area contributed by atoms with Crippen molar-refractivity contribution in [1.82, 2.24) is 4.90 Å². The summed E-state index contributed by atoms with van der Waals surface area (Å²) in [6, 6.07) is 21.6. The number of nitrogens with zero attached hydrogens (tertiary/aromatic N) is 1. The Balaban J connectivity index is 1.74. The van der Waals surface area contributed by atoms with Crippen molar-refractivity contribution in [3.05, 3.63) is 117 Å². The molecule has 5 rings (SSSR count). The zero-order chi connectivity index (χ0) is 20.0. The Labute approximate surface area is 165 Å². The monoisotopic (exact) mass is 385 g/mol. The zero-order valence-corrected chi connectivity index (χ0v) is 15.3. The summed E-state index contributed by atoms with van der Waals surface area (Å²) in [5.74, 6) is -0.770. The maximum absolute atomic E-state index is 14.0. The van der Waals surface area contributed by atoms with Crippen LogP contribution in [0.4, 0.5) is 4.39 Å². The third-order valence-electron chi connectivity index (χ3n) is 5.23. The number of amides is 1. The Bertz CT molecular complexity index is 1300. The van der Waals surface area contributed by atoms with E-state index in [1.165, 1.54) is 12.1 Å². The summed E-state index contributed by atoms with van der Waals surface area (Å²) in [4.78, 5) is 28.1. The number of benzene rings is 3. The summed E-state index contributed by atoms with van der Waals surface area (Å²) in [7, 11) is 0. The van der Waals surface area contributed by atoms with Crippen LogP contribution >= 0.6 is 0 Å². The maximum Gasteiger partial charge on any atom is 0.291 e. The van der Waals surface area contributed by atoms with E-state index >= 15 is 0 Å². The molecule has 2 heterocycles. The van der Waals surface area contributed by atoms with Crippen LogP contribution in [0.5, 0.6) is 0 Å². The summed E-state index contributed by atoms with van der Waals surface area (Å²) in [6.07, 6.45) is 0. The number of hydrogen-bond acceptors (Lipinski definition) is 3. The number of carbonyl (C=O) groups excluding carboxylic acids is 1. The largest absolute Gasteiger partial charge is 0.450 e. The molecule has 5 heteroatoms. The molecule has 1 aliphatic rings. The van der Waals surface area contributed by atoms with Crippen molar-refractivity contribution in [2.24, 2.45) is 0 Å². The summed E-state index contributed by atoms with van der Waals surface area (Å²) >= 11 is 0. The molecule has 1 atom stereocenters. The molecule has 0 spiro atoms. The lowest BCUT2D eigenvalue weighted by Crippen LogP contribution is -2.29. The molecular weight excluding hydrogens is 369 g/mol. The quantitative estimate of drug-likeness (QED) is 0.515. The van der Waals surface area contributed by atoms with E-state index in [9.17, 15) is 14.0 Å². The van der Waals surface area contributed by atoms with Crippen molar-refractivity contribution >= 4 is 16.9 Å². The van der Waals surface area contributed by atoms with E-state index in [2.05, 4.69) is 0 Å². The fraction of sp³-hybridized carbons (Fsp3) is 0.0833. The van der Waals surface area contributed by atoms with Gasteiger partial charge in [0.25, 0.3) is 5.91 Å². The average molecular weight is 385 g/mol. The maximum atomic E-state index is 14.0. The first-order valence-corrected chi connectivity index (χ1v) is 9.29. The molecule has 0 N–H and O–H groups in total. The smallest absolute Gasteiger partial charge is 0.291 e. The van der Waals surface area contributed by atoms with Gasteiger partial charge in [-0.05, 0) is 35.4 Å². The van der Waals surface area contributed by atoms with Crippen LogP contribution in [0.3, 0.4) is 0 Å². The highest BCUT2D eigenvalue weighted by molar-refractivity contribution is 5.99. The number of rotatable bonds is 3. The van der Waals surface area contributed by atoms with E-state index in [1.807, 2.05) is 30.3 Å². The van der Waals surface area contributed by atoms with Crippen LogP contribution in [0.25, 0.3) is 11.0 Å². The second-order valence-electron chi connectivity index (χ2n) is 7.05. The molecule has 1 aliphatic heterocycles. The molecule has 1 unspecified atom stereocenters. The van der Waals surface area contributed by atoms with E-state index in [0.29, 0.717) is 16.5 Å². The van der Waals surface area contributed by atoms with Gasteiger partial charge in [-0.15, -0.1) is 0 Å². The Kier molecular flexibility index (Phi) is 4.02. The molecule has 0 saturated heterocycles. The van der Waals surface area contributed by atoms with Gasteiger partial charge in [0.05, 0.1) is 17.0 Å². The molecule has 0 bridgehead atoms. The fourth-order valence-corrected chi connectivity index (χ4v) is 3.93. The third-order valence-corrected chi connectivity index (χ3v) is 5.23. The molecule has 0 fully saturated rings. The molecule has 0 radical (unpaired) electrons. The zero-order valence-electron chi connectivity index (χ0n) is 15.3. The molecule has 1 aromatic heterocycles. The standard InChI is InChI=1S/C24H16FNO3/c25-17-10-6-9-16(13-17)21-20-22(27)18-11-4-5-12-19(18)29-23(20)24(28)26(21)14-15-7-2-1-3-8-15/h1-13,21H,14H2. The van der Waals surface area contributed by atoms with Crippen LogP contribution < -0.4 is 5.43 Å². The topological polar surface area (TPSA) is 50.5 Å². The van der Waals surface area contributed by atoms with Crippen LogP contribution in [-0.4, -0.2) is 10.8 Å². The van der Waals surface area contributed by atoms with Crippen LogP contribution in [0.2, 0.25) is 0 Å². The number of hydrogen-bond donors (Lipinski definition) is 0. The Hall–Kier alpha value is -3.73. The van der Waals surface area contributed by atoms with Gasteiger partial charge in [0.2, 0.25) is 5.76 Å². The highest BCUT2D eigenvalue weighted by Crippen LogP contribution is 2.39. The van der Waals surface area contributed by atoms with Gasteiger partial charge in [-0.25, -0.2) is 4.39 Å². The van der Waals surface area contributed by atoms with Crippen LogP contribution in [-0.2, 0) is 6.54 Å². The number of fused-ring (bicyclic) bond motifs is 2. The number of carbonyl (C=O) groups is 1. The second kappa shape index (κ2) is 6.71. The van der Waals surface area contributed by atoms with Crippen molar-refractivity contribution < 1.29 is 13.6 Å². The van der Waals surface area contributed by atoms with Crippen molar-refractivity contribution in [3.8, 4) is 0 Å². The van der Waals surface area contributed by atoms with E-state index in [0.717, 1.165) is 5.56 Å².